The standard InChI is InChI=1S/C37H70O6/c1-4-7-9-11-13-15-17-19-21-23-25-27-29-31-33(38)35(40)37(42,36(41)43-6-3)34(39)32-30-28-26-24-22-20-18-16-14-12-10-8-5-2/h33,38,42H,4-32H2,1-3H3. The van der Waals surface area contributed by atoms with Crippen molar-refractivity contribution in [2.24, 2.45) is 0 Å². The molecular formula is C37H70O6. The number of hydrogen-bond acceptors (Lipinski definition) is 6. The van der Waals surface area contributed by atoms with Gasteiger partial charge in [0.15, 0.2) is 5.78 Å². The highest BCUT2D eigenvalue weighted by molar-refractivity contribution is 6.26. The molecule has 2 unspecified atom stereocenters. The van der Waals surface area contributed by atoms with Crippen molar-refractivity contribution >= 4 is 17.5 Å². The molecule has 0 aromatic rings. The molecule has 0 aliphatic carbocycles. The Labute approximate surface area is 265 Å². The van der Waals surface area contributed by atoms with Crippen LogP contribution in [0.5, 0.6) is 0 Å². The molecule has 6 nitrogen and oxygen atoms in total. The number of carbonyl (C=O) groups is 3. The Hall–Kier alpha value is -1.27. The summed E-state index contributed by atoms with van der Waals surface area (Å²) in [6.45, 7) is 5.98. The predicted molar refractivity (Wildman–Crippen MR) is 178 cm³/mol. The van der Waals surface area contributed by atoms with Crippen LogP contribution < -0.4 is 0 Å². The van der Waals surface area contributed by atoms with E-state index in [-0.39, 0.29) is 19.4 Å². The van der Waals surface area contributed by atoms with Crippen LogP contribution in [0.2, 0.25) is 0 Å². The van der Waals surface area contributed by atoms with Gasteiger partial charge in [-0.15, -0.1) is 0 Å². The van der Waals surface area contributed by atoms with Crippen LogP contribution in [0.3, 0.4) is 0 Å². The summed E-state index contributed by atoms with van der Waals surface area (Å²) in [5.74, 6) is -3.25. The van der Waals surface area contributed by atoms with Gasteiger partial charge in [-0.2, -0.15) is 0 Å². The largest absolute Gasteiger partial charge is 0.463 e. The zero-order valence-corrected chi connectivity index (χ0v) is 28.6. The van der Waals surface area contributed by atoms with E-state index in [0.717, 1.165) is 38.5 Å². The lowest BCUT2D eigenvalue weighted by Crippen LogP contribution is -2.58. The molecule has 254 valence electrons. The van der Waals surface area contributed by atoms with Gasteiger partial charge in [0, 0.05) is 6.42 Å². The van der Waals surface area contributed by atoms with Crippen molar-refractivity contribution < 1.29 is 29.3 Å². The molecule has 0 saturated heterocycles. The highest BCUT2D eigenvalue weighted by Gasteiger charge is 2.53. The van der Waals surface area contributed by atoms with Gasteiger partial charge >= 0.3 is 5.97 Å². The van der Waals surface area contributed by atoms with E-state index in [2.05, 4.69) is 13.8 Å². The molecule has 0 aliphatic rings. The molecule has 0 spiro atoms. The second kappa shape index (κ2) is 29.4. The molecule has 0 aromatic heterocycles. The number of carbonyl (C=O) groups excluding carboxylic acids is 3. The normalized spacial score (nSPS) is 13.5. The summed E-state index contributed by atoms with van der Waals surface area (Å²) in [7, 11) is 0. The first kappa shape index (κ1) is 41.7. The molecule has 0 aromatic carbocycles. The average Bonchev–Trinajstić information content (AvgIpc) is 3.00. The van der Waals surface area contributed by atoms with Gasteiger partial charge in [-0.1, -0.05) is 174 Å². The summed E-state index contributed by atoms with van der Waals surface area (Å²) in [4.78, 5) is 38.5. The average molecular weight is 611 g/mol. The van der Waals surface area contributed by atoms with Crippen molar-refractivity contribution in [2.45, 2.75) is 212 Å². The van der Waals surface area contributed by atoms with Gasteiger partial charge in [0.1, 0.15) is 6.10 Å². The summed E-state index contributed by atoms with van der Waals surface area (Å²) >= 11 is 0. The summed E-state index contributed by atoms with van der Waals surface area (Å²) in [6.07, 6.45) is 28.9. The van der Waals surface area contributed by atoms with Crippen LogP contribution in [-0.4, -0.2) is 46.1 Å². The monoisotopic (exact) mass is 611 g/mol. The number of rotatable bonds is 33. The minimum Gasteiger partial charge on any atom is -0.463 e. The smallest absolute Gasteiger partial charge is 0.354 e. The Balaban J connectivity index is 4.24. The lowest BCUT2D eigenvalue weighted by Gasteiger charge is -2.25. The second-order valence-electron chi connectivity index (χ2n) is 12.8. The fourth-order valence-corrected chi connectivity index (χ4v) is 5.80. The molecule has 0 fully saturated rings. The first-order chi connectivity index (χ1) is 20.9. The van der Waals surface area contributed by atoms with Crippen molar-refractivity contribution in [2.75, 3.05) is 6.61 Å². The van der Waals surface area contributed by atoms with Crippen LogP contribution in [0.25, 0.3) is 0 Å². The maximum absolute atomic E-state index is 13.0. The fraction of sp³-hybridized carbons (Fsp3) is 0.919. The van der Waals surface area contributed by atoms with Gasteiger partial charge in [-0.25, -0.2) is 4.79 Å². The topological polar surface area (TPSA) is 101 Å². The molecule has 0 bridgehead atoms. The van der Waals surface area contributed by atoms with Crippen LogP contribution in [0.4, 0.5) is 0 Å². The van der Waals surface area contributed by atoms with Gasteiger partial charge < -0.3 is 14.9 Å². The van der Waals surface area contributed by atoms with Crippen molar-refractivity contribution in [3.8, 4) is 0 Å². The number of ether oxygens (including phenoxy) is 1. The summed E-state index contributed by atoms with van der Waals surface area (Å²) < 4.78 is 4.90. The number of hydrogen-bond donors (Lipinski definition) is 2. The van der Waals surface area contributed by atoms with E-state index in [1.165, 1.54) is 116 Å². The number of Topliss-reactive ketones (excluding diaryl/α,β-unsaturated/α-hetero) is 2. The highest BCUT2D eigenvalue weighted by atomic mass is 16.6. The van der Waals surface area contributed by atoms with Gasteiger partial charge in [0.2, 0.25) is 5.78 Å². The molecule has 0 aliphatic heterocycles. The molecule has 0 radical (unpaired) electrons. The first-order valence-corrected chi connectivity index (χ1v) is 18.5. The summed E-state index contributed by atoms with van der Waals surface area (Å²) in [6, 6.07) is 0. The number of unbranched alkanes of at least 4 members (excludes halogenated alkanes) is 24. The number of esters is 1. The number of aliphatic hydroxyl groups is 2. The molecular weight excluding hydrogens is 540 g/mol. The zero-order valence-electron chi connectivity index (χ0n) is 28.6. The van der Waals surface area contributed by atoms with E-state index in [1.807, 2.05) is 0 Å². The van der Waals surface area contributed by atoms with Crippen LogP contribution in [0, 0.1) is 0 Å². The van der Waals surface area contributed by atoms with E-state index in [0.29, 0.717) is 12.8 Å². The van der Waals surface area contributed by atoms with E-state index in [4.69, 9.17) is 4.74 Å². The molecule has 43 heavy (non-hydrogen) atoms. The molecule has 0 amide bonds. The Morgan fingerprint density at radius 3 is 1.21 bits per heavy atom. The van der Waals surface area contributed by atoms with Gasteiger partial charge in [0.25, 0.3) is 5.60 Å². The molecule has 6 heteroatoms. The highest BCUT2D eigenvalue weighted by Crippen LogP contribution is 2.21. The fourth-order valence-electron chi connectivity index (χ4n) is 5.80. The Bertz CT molecular complexity index is 678. The van der Waals surface area contributed by atoms with Gasteiger partial charge in [-0.3, -0.25) is 9.59 Å². The molecule has 0 heterocycles. The Kier molecular flexibility index (Phi) is 28.6. The van der Waals surface area contributed by atoms with Crippen molar-refractivity contribution in [3.63, 3.8) is 0 Å². The van der Waals surface area contributed by atoms with E-state index in [9.17, 15) is 24.6 Å². The maximum atomic E-state index is 13.0. The third kappa shape index (κ3) is 21.2. The Morgan fingerprint density at radius 1 is 0.535 bits per heavy atom. The minimum absolute atomic E-state index is 0.0601. The molecule has 0 saturated carbocycles. The van der Waals surface area contributed by atoms with Crippen LogP contribution >= 0.6 is 0 Å². The van der Waals surface area contributed by atoms with E-state index >= 15 is 0 Å². The maximum Gasteiger partial charge on any atom is 0.354 e. The predicted octanol–water partition coefficient (Wildman–Crippen LogP) is 9.74. The van der Waals surface area contributed by atoms with Gasteiger partial charge in [0.05, 0.1) is 6.61 Å². The Morgan fingerprint density at radius 2 is 0.860 bits per heavy atom. The summed E-state index contributed by atoms with van der Waals surface area (Å²) in [5, 5.41) is 21.5. The quantitative estimate of drug-likeness (QED) is 0.0436. The van der Waals surface area contributed by atoms with Crippen LogP contribution in [-0.2, 0) is 19.1 Å². The minimum atomic E-state index is -2.91. The van der Waals surface area contributed by atoms with Crippen molar-refractivity contribution in [1.82, 2.24) is 0 Å². The number of aliphatic hydroxyl groups excluding tert-OH is 1. The summed E-state index contributed by atoms with van der Waals surface area (Å²) in [5.41, 5.74) is -2.91. The lowest BCUT2D eigenvalue weighted by atomic mass is 9.85. The van der Waals surface area contributed by atoms with Crippen molar-refractivity contribution in [1.29, 1.82) is 0 Å². The van der Waals surface area contributed by atoms with Gasteiger partial charge in [-0.05, 0) is 19.8 Å². The first-order valence-electron chi connectivity index (χ1n) is 18.5. The molecule has 2 N–H and O–H groups in total. The molecule has 2 atom stereocenters. The van der Waals surface area contributed by atoms with Crippen LogP contribution in [0.15, 0.2) is 0 Å². The number of ketones is 2. The van der Waals surface area contributed by atoms with Crippen LogP contribution in [0.1, 0.15) is 201 Å². The third-order valence-electron chi connectivity index (χ3n) is 8.72. The molecule has 0 rings (SSSR count). The van der Waals surface area contributed by atoms with E-state index in [1.54, 1.807) is 6.92 Å². The van der Waals surface area contributed by atoms with Crippen molar-refractivity contribution in [3.05, 3.63) is 0 Å². The van der Waals surface area contributed by atoms with E-state index < -0.39 is 29.2 Å². The zero-order chi connectivity index (χ0) is 32.0. The third-order valence-corrected chi connectivity index (χ3v) is 8.72. The second-order valence-corrected chi connectivity index (χ2v) is 12.8. The lowest BCUT2D eigenvalue weighted by molar-refractivity contribution is -0.177. The SMILES string of the molecule is CCCCCCCCCCCCCCCC(=O)C(O)(C(=O)OCC)C(=O)C(O)CCCCCCCCCCCCCCC.